The molecule has 0 saturated heterocycles. The fourth-order valence-electron chi connectivity index (χ4n) is 2.39. The zero-order valence-corrected chi connectivity index (χ0v) is 15.8. The Morgan fingerprint density at radius 2 is 2.23 bits per heavy atom. The molecule has 2 unspecified atom stereocenters. The van der Waals surface area contributed by atoms with Gasteiger partial charge in [0.2, 0.25) is 0 Å². The van der Waals surface area contributed by atoms with Gasteiger partial charge in [-0.25, -0.2) is 4.99 Å². The van der Waals surface area contributed by atoms with E-state index in [2.05, 4.69) is 35.5 Å². The third-order valence-electron chi connectivity index (χ3n) is 3.31. The average Bonchev–Trinajstić information content (AvgIpc) is 2.88. The Morgan fingerprint density at radius 1 is 1.45 bits per heavy atom. The molecule has 1 aliphatic rings. The topological polar surface area (TPSA) is 54.9 Å². The van der Waals surface area contributed by atoms with E-state index in [1.54, 1.807) is 7.11 Å². The van der Waals surface area contributed by atoms with E-state index in [0.29, 0.717) is 13.2 Å². The van der Waals surface area contributed by atoms with Crippen LogP contribution in [-0.4, -0.2) is 44.9 Å². The molecule has 1 aromatic carbocycles. The first-order valence-electron chi connectivity index (χ1n) is 7.51. The molecular formula is C16H26IN3O2. The van der Waals surface area contributed by atoms with Crippen LogP contribution in [0.1, 0.15) is 19.4 Å². The molecule has 0 aliphatic carbocycles. The summed E-state index contributed by atoms with van der Waals surface area (Å²) in [5.74, 6) is 1.80. The summed E-state index contributed by atoms with van der Waals surface area (Å²) in [6.45, 7) is 6.25. The number of benzene rings is 1. The van der Waals surface area contributed by atoms with Crippen LogP contribution >= 0.6 is 24.0 Å². The number of ether oxygens (including phenoxy) is 2. The Hall–Kier alpha value is -1.02. The standard InChI is InChI=1S/C16H25N3O2.HI/c1-4-17-16(19-12(2)11-20-3)18-10-14-9-13-7-5-6-8-15(13)21-14;/h5-8,12,14H,4,9-11H2,1-3H3,(H2,17,18,19);1H. The second-order valence-electron chi connectivity index (χ2n) is 5.27. The lowest BCUT2D eigenvalue weighted by atomic mass is 10.1. The maximum absolute atomic E-state index is 5.90. The Kier molecular flexibility index (Phi) is 8.55. The molecule has 124 valence electrons. The third kappa shape index (κ3) is 5.64. The van der Waals surface area contributed by atoms with E-state index in [1.807, 2.05) is 18.2 Å². The molecule has 0 saturated carbocycles. The summed E-state index contributed by atoms with van der Waals surface area (Å²) in [6, 6.07) is 8.40. The van der Waals surface area contributed by atoms with E-state index in [-0.39, 0.29) is 36.1 Å². The summed E-state index contributed by atoms with van der Waals surface area (Å²) >= 11 is 0. The van der Waals surface area contributed by atoms with Gasteiger partial charge in [0.1, 0.15) is 11.9 Å². The number of para-hydroxylation sites is 1. The van der Waals surface area contributed by atoms with Crippen molar-refractivity contribution in [1.82, 2.24) is 10.6 Å². The molecule has 1 aromatic rings. The SMILES string of the molecule is CCNC(=NCC1Cc2ccccc2O1)NC(C)COC.I. The summed E-state index contributed by atoms with van der Waals surface area (Å²) in [6.07, 6.45) is 1.04. The fourth-order valence-corrected chi connectivity index (χ4v) is 2.39. The maximum atomic E-state index is 5.90. The quantitative estimate of drug-likeness (QED) is 0.422. The predicted molar refractivity (Wildman–Crippen MR) is 100 cm³/mol. The van der Waals surface area contributed by atoms with Gasteiger partial charge in [-0.2, -0.15) is 0 Å². The Morgan fingerprint density at radius 3 is 2.91 bits per heavy atom. The Bertz CT molecular complexity index is 457. The number of methoxy groups -OCH3 is 1. The minimum atomic E-state index is 0. The van der Waals surface area contributed by atoms with Gasteiger partial charge in [-0.15, -0.1) is 24.0 Å². The molecule has 2 rings (SSSR count). The summed E-state index contributed by atoms with van der Waals surface area (Å²) in [5, 5.41) is 6.57. The molecule has 2 atom stereocenters. The van der Waals surface area contributed by atoms with E-state index >= 15 is 0 Å². The lowest BCUT2D eigenvalue weighted by Gasteiger charge is -2.17. The van der Waals surface area contributed by atoms with Crippen molar-refractivity contribution >= 4 is 29.9 Å². The van der Waals surface area contributed by atoms with Gasteiger partial charge >= 0.3 is 0 Å². The zero-order chi connectivity index (χ0) is 15.1. The highest BCUT2D eigenvalue weighted by atomic mass is 127. The van der Waals surface area contributed by atoms with E-state index < -0.39 is 0 Å². The average molecular weight is 419 g/mol. The van der Waals surface area contributed by atoms with Crippen LogP contribution in [0, 0.1) is 0 Å². The van der Waals surface area contributed by atoms with Gasteiger partial charge in [0, 0.05) is 26.1 Å². The van der Waals surface area contributed by atoms with Crippen molar-refractivity contribution in [2.45, 2.75) is 32.4 Å². The van der Waals surface area contributed by atoms with Crippen LogP contribution < -0.4 is 15.4 Å². The van der Waals surface area contributed by atoms with E-state index in [0.717, 1.165) is 24.7 Å². The van der Waals surface area contributed by atoms with Crippen molar-refractivity contribution in [1.29, 1.82) is 0 Å². The number of hydrogen-bond donors (Lipinski definition) is 2. The van der Waals surface area contributed by atoms with Crippen LogP contribution in [0.4, 0.5) is 0 Å². The first-order valence-corrected chi connectivity index (χ1v) is 7.51. The summed E-state index contributed by atoms with van der Waals surface area (Å²) in [7, 11) is 1.70. The van der Waals surface area contributed by atoms with Crippen LogP contribution in [0.3, 0.4) is 0 Å². The smallest absolute Gasteiger partial charge is 0.191 e. The predicted octanol–water partition coefficient (Wildman–Crippen LogP) is 2.20. The number of halogens is 1. The van der Waals surface area contributed by atoms with Crippen molar-refractivity contribution in [3.8, 4) is 5.75 Å². The van der Waals surface area contributed by atoms with Crippen LogP contribution in [0.15, 0.2) is 29.3 Å². The largest absolute Gasteiger partial charge is 0.488 e. The number of guanidine groups is 1. The lowest BCUT2D eigenvalue weighted by Crippen LogP contribution is -2.44. The van der Waals surface area contributed by atoms with Gasteiger partial charge in [-0.05, 0) is 25.5 Å². The monoisotopic (exact) mass is 419 g/mol. The third-order valence-corrected chi connectivity index (χ3v) is 3.31. The minimum Gasteiger partial charge on any atom is -0.488 e. The summed E-state index contributed by atoms with van der Waals surface area (Å²) in [4.78, 5) is 4.61. The maximum Gasteiger partial charge on any atom is 0.191 e. The molecule has 2 N–H and O–H groups in total. The fraction of sp³-hybridized carbons (Fsp3) is 0.562. The van der Waals surface area contributed by atoms with Crippen molar-refractivity contribution in [2.24, 2.45) is 4.99 Å². The number of hydrogen-bond acceptors (Lipinski definition) is 3. The molecule has 5 nitrogen and oxygen atoms in total. The highest BCUT2D eigenvalue weighted by molar-refractivity contribution is 14.0. The molecule has 0 bridgehead atoms. The van der Waals surface area contributed by atoms with Crippen LogP contribution in [0.2, 0.25) is 0 Å². The Balaban J connectivity index is 0.00000242. The molecule has 0 radical (unpaired) electrons. The van der Waals surface area contributed by atoms with E-state index in [4.69, 9.17) is 9.47 Å². The van der Waals surface area contributed by atoms with Gasteiger partial charge in [0.25, 0.3) is 0 Å². The van der Waals surface area contributed by atoms with Crippen LogP contribution in [0.25, 0.3) is 0 Å². The molecule has 0 amide bonds. The van der Waals surface area contributed by atoms with E-state index in [1.165, 1.54) is 5.56 Å². The van der Waals surface area contributed by atoms with Gasteiger partial charge in [-0.3, -0.25) is 0 Å². The molecule has 22 heavy (non-hydrogen) atoms. The molecule has 6 heteroatoms. The second-order valence-corrected chi connectivity index (χ2v) is 5.27. The molecular weight excluding hydrogens is 393 g/mol. The molecule has 0 aromatic heterocycles. The number of nitrogens with zero attached hydrogens (tertiary/aromatic N) is 1. The number of fused-ring (bicyclic) bond motifs is 1. The Labute approximate surface area is 149 Å². The minimum absolute atomic E-state index is 0. The normalized spacial score (nSPS) is 18.0. The van der Waals surface area contributed by atoms with Crippen LogP contribution in [0.5, 0.6) is 5.75 Å². The number of aliphatic imine (C=N–C) groups is 1. The van der Waals surface area contributed by atoms with Crippen molar-refractivity contribution in [2.75, 3.05) is 26.8 Å². The highest BCUT2D eigenvalue weighted by Crippen LogP contribution is 2.28. The molecule has 1 aliphatic heterocycles. The van der Waals surface area contributed by atoms with Gasteiger partial charge in [0.15, 0.2) is 5.96 Å². The lowest BCUT2D eigenvalue weighted by molar-refractivity contribution is 0.179. The van der Waals surface area contributed by atoms with Gasteiger partial charge in [0.05, 0.1) is 13.2 Å². The first kappa shape index (κ1) is 19.0. The first-order chi connectivity index (χ1) is 10.2. The van der Waals surface area contributed by atoms with Crippen molar-refractivity contribution < 1.29 is 9.47 Å². The van der Waals surface area contributed by atoms with Crippen LogP contribution in [-0.2, 0) is 11.2 Å². The number of nitrogens with one attached hydrogen (secondary N) is 2. The van der Waals surface area contributed by atoms with Crippen molar-refractivity contribution in [3.63, 3.8) is 0 Å². The highest BCUT2D eigenvalue weighted by Gasteiger charge is 2.22. The van der Waals surface area contributed by atoms with Gasteiger partial charge in [-0.1, -0.05) is 18.2 Å². The zero-order valence-electron chi connectivity index (χ0n) is 13.5. The van der Waals surface area contributed by atoms with E-state index in [9.17, 15) is 0 Å². The van der Waals surface area contributed by atoms with Crippen molar-refractivity contribution in [3.05, 3.63) is 29.8 Å². The number of rotatable bonds is 6. The summed E-state index contributed by atoms with van der Waals surface area (Å²) < 4.78 is 11.0. The molecule has 0 spiro atoms. The van der Waals surface area contributed by atoms with Gasteiger partial charge < -0.3 is 20.1 Å². The molecule has 1 heterocycles. The molecule has 0 fully saturated rings. The second kappa shape index (κ2) is 9.89. The summed E-state index contributed by atoms with van der Waals surface area (Å²) in [5.41, 5.74) is 1.27.